The van der Waals surface area contributed by atoms with Gasteiger partial charge in [-0.05, 0) is 61.4 Å². The summed E-state index contributed by atoms with van der Waals surface area (Å²) in [5.41, 5.74) is 6.92. The van der Waals surface area contributed by atoms with Crippen LogP contribution < -0.4 is 10.1 Å². The van der Waals surface area contributed by atoms with Crippen LogP contribution in [0, 0.1) is 13.8 Å². The van der Waals surface area contributed by atoms with Crippen molar-refractivity contribution < 1.29 is 13.9 Å². The molecule has 0 bridgehead atoms. The first kappa shape index (κ1) is 17.0. The van der Waals surface area contributed by atoms with Gasteiger partial charge in [0.05, 0.1) is 11.1 Å². The molecule has 28 heavy (non-hydrogen) atoms. The summed E-state index contributed by atoms with van der Waals surface area (Å²) in [6, 6.07) is 10.3. The van der Waals surface area contributed by atoms with Crippen LogP contribution in [0.2, 0.25) is 0 Å². The molecule has 5 rings (SSSR count). The quantitative estimate of drug-likeness (QED) is 0.746. The van der Waals surface area contributed by atoms with Gasteiger partial charge in [0, 0.05) is 5.56 Å². The van der Waals surface area contributed by atoms with E-state index in [1.54, 1.807) is 6.26 Å². The minimum Gasteiger partial charge on any atom is -0.490 e. The van der Waals surface area contributed by atoms with E-state index in [1.807, 2.05) is 25.1 Å². The minimum atomic E-state index is -0.145. The molecule has 0 radical (unpaired) electrons. The zero-order valence-corrected chi connectivity index (χ0v) is 16.0. The van der Waals surface area contributed by atoms with Crippen LogP contribution in [0.4, 0.5) is 0 Å². The van der Waals surface area contributed by atoms with Crippen LogP contribution in [0.1, 0.15) is 45.5 Å². The van der Waals surface area contributed by atoms with Crippen molar-refractivity contribution in [1.29, 1.82) is 0 Å². The van der Waals surface area contributed by atoms with Gasteiger partial charge in [-0.15, -0.1) is 0 Å². The number of rotatable bonds is 3. The first-order chi connectivity index (χ1) is 13.5. The molecule has 1 saturated carbocycles. The zero-order valence-electron chi connectivity index (χ0n) is 16.0. The maximum Gasteiger partial charge on any atom is 0.255 e. The predicted molar refractivity (Wildman–Crippen MR) is 106 cm³/mol. The SMILES string of the molecule is Cc1c(Cc2ccc(-c3cocn3)cc2)cc2c(c1C)OCC1(CC1)NC2=O. The largest absolute Gasteiger partial charge is 0.490 e. The second-order valence-electron chi connectivity index (χ2n) is 7.93. The predicted octanol–water partition coefficient (Wildman–Crippen LogP) is 4.20. The molecule has 1 spiro atoms. The summed E-state index contributed by atoms with van der Waals surface area (Å²) in [5.74, 6) is 0.722. The minimum absolute atomic E-state index is 0.0178. The number of nitrogens with one attached hydrogen (secondary N) is 1. The van der Waals surface area contributed by atoms with Crippen molar-refractivity contribution in [2.24, 2.45) is 0 Å². The number of hydrogen-bond donors (Lipinski definition) is 1. The van der Waals surface area contributed by atoms with E-state index in [0.29, 0.717) is 12.2 Å². The van der Waals surface area contributed by atoms with Crippen molar-refractivity contribution in [2.75, 3.05) is 6.61 Å². The van der Waals surface area contributed by atoms with Crippen molar-refractivity contribution in [3.05, 3.63) is 70.8 Å². The lowest BCUT2D eigenvalue weighted by Crippen LogP contribution is -2.38. The van der Waals surface area contributed by atoms with Gasteiger partial charge in [0.25, 0.3) is 5.91 Å². The summed E-state index contributed by atoms with van der Waals surface area (Å²) in [6.07, 6.45) is 5.83. The molecule has 1 fully saturated rings. The summed E-state index contributed by atoms with van der Waals surface area (Å²) in [6.45, 7) is 4.71. The lowest BCUT2D eigenvalue weighted by atomic mass is 9.93. The first-order valence-corrected chi connectivity index (χ1v) is 9.61. The number of ether oxygens (including phenoxy) is 1. The van der Waals surface area contributed by atoms with E-state index in [1.165, 1.54) is 17.5 Å². The van der Waals surface area contributed by atoms with E-state index in [2.05, 4.69) is 29.4 Å². The number of carbonyl (C=O) groups excluding carboxylic acids is 1. The Morgan fingerprint density at radius 3 is 2.61 bits per heavy atom. The van der Waals surface area contributed by atoms with Gasteiger partial charge in [-0.3, -0.25) is 4.79 Å². The molecule has 1 amide bonds. The fraction of sp³-hybridized carbons (Fsp3) is 0.304. The van der Waals surface area contributed by atoms with Crippen molar-refractivity contribution in [3.8, 4) is 17.0 Å². The highest BCUT2D eigenvalue weighted by Gasteiger charge is 2.47. The van der Waals surface area contributed by atoms with Crippen LogP contribution in [-0.2, 0) is 6.42 Å². The Morgan fingerprint density at radius 2 is 1.93 bits per heavy atom. The van der Waals surface area contributed by atoms with Gasteiger partial charge >= 0.3 is 0 Å². The molecule has 5 heteroatoms. The molecule has 1 aliphatic heterocycles. The Hall–Kier alpha value is -3.08. The summed E-state index contributed by atoms with van der Waals surface area (Å²) < 4.78 is 11.1. The second-order valence-corrected chi connectivity index (χ2v) is 7.93. The van der Waals surface area contributed by atoms with E-state index in [0.717, 1.165) is 47.4 Å². The maximum atomic E-state index is 12.8. The lowest BCUT2D eigenvalue weighted by Gasteiger charge is -2.16. The number of nitrogens with zero attached hydrogens (tertiary/aromatic N) is 1. The van der Waals surface area contributed by atoms with E-state index in [9.17, 15) is 4.79 Å². The number of hydrogen-bond acceptors (Lipinski definition) is 4. The fourth-order valence-corrected chi connectivity index (χ4v) is 3.84. The van der Waals surface area contributed by atoms with Crippen molar-refractivity contribution in [3.63, 3.8) is 0 Å². The highest BCUT2D eigenvalue weighted by Crippen LogP contribution is 2.41. The molecule has 1 N–H and O–H groups in total. The molecule has 0 unspecified atom stereocenters. The van der Waals surface area contributed by atoms with E-state index < -0.39 is 0 Å². The zero-order chi connectivity index (χ0) is 19.3. The van der Waals surface area contributed by atoms with Gasteiger partial charge in [0.15, 0.2) is 6.39 Å². The topological polar surface area (TPSA) is 64.4 Å². The molecule has 2 heterocycles. The second kappa shape index (κ2) is 6.23. The Balaban J connectivity index is 1.46. The number of benzene rings is 2. The van der Waals surface area contributed by atoms with E-state index in [4.69, 9.17) is 9.15 Å². The number of amides is 1. The first-order valence-electron chi connectivity index (χ1n) is 9.61. The smallest absolute Gasteiger partial charge is 0.255 e. The molecule has 0 atom stereocenters. The fourth-order valence-electron chi connectivity index (χ4n) is 3.84. The van der Waals surface area contributed by atoms with Gasteiger partial charge in [-0.1, -0.05) is 24.3 Å². The third-order valence-electron chi connectivity index (χ3n) is 5.99. The maximum absolute atomic E-state index is 12.8. The molecular weight excluding hydrogens is 352 g/mol. The van der Waals surface area contributed by atoms with Crippen molar-refractivity contribution in [1.82, 2.24) is 10.3 Å². The van der Waals surface area contributed by atoms with Crippen LogP contribution in [0.25, 0.3) is 11.3 Å². The van der Waals surface area contributed by atoms with E-state index in [-0.39, 0.29) is 11.4 Å². The molecule has 3 aromatic rings. The Labute approximate surface area is 163 Å². The van der Waals surface area contributed by atoms with E-state index >= 15 is 0 Å². The van der Waals surface area contributed by atoms with Crippen LogP contribution in [0.5, 0.6) is 5.75 Å². The van der Waals surface area contributed by atoms with Crippen LogP contribution in [-0.4, -0.2) is 23.0 Å². The third kappa shape index (κ3) is 2.87. The summed E-state index contributed by atoms with van der Waals surface area (Å²) >= 11 is 0. The molecule has 2 aliphatic rings. The molecule has 2 aromatic carbocycles. The highest BCUT2D eigenvalue weighted by atomic mass is 16.5. The number of fused-ring (bicyclic) bond motifs is 1. The van der Waals surface area contributed by atoms with Gasteiger partial charge < -0.3 is 14.5 Å². The standard InChI is InChI=1S/C23H22N2O3/c1-14-15(2)21-19(22(26)25-23(7-8-23)12-28-21)10-18(14)9-16-3-5-17(6-4-16)20-11-27-13-24-20/h3-6,10-11,13H,7-9,12H2,1-2H3,(H,25,26). The van der Waals surface area contributed by atoms with Crippen molar-refractivity contribution >= 4 is 5.91 Å². The number of carbonyl (C=O) groups is 1. The van der Waals surface area contributed by atoms with Crippen LogP contribution in [0.3, 0.4) is 0 Å². The normalized spacial score (nSPS) is 16.9. The van der Waals surface area contributed by atoms with Crippen LogP contribution >= 0.6 is 0 Å². The molecule has 0 saturated heterocycles. The molecule has 1 aliphatic carbocycles. The van der Waals surface area contributed by atoms with Crippen LogP contribution in [0.15, 0.2) is 47.4 Å². The van der Waals surface area contributed by atoms with Gasteiger partial charge in [-0.2, -0.15) is 0 Å². The van der Waals surface area contributed by atoms with Gasteiger partial charge in [0.1, 0.15) is 24.3 Å². The average molecular weight is 374 g/mol. The molecule has 142 valence electrons. The van der Waals surface area contributed by atoms with Gasteiger partial charge in [-0.25, -0.2) is 4.98 Å². The Morgan fingerprint density at radius 1 is 1.14 bits per heavy atom. The molecule has 1 aromatic heterocycles. The Kier molecular flexibility index (Phi) is 3.79. The third-order valence-corrected chi connectivity index (χ3v) is 5.99. The summed E-state index contributed by atoms with van der Waals surface area (Å²) in [5, 5.41) is 3.17. The summed E-state index contributed by atoms with van der Waals surface area (Å²) in [7, 11) is 0. The van der Waals surface area contributed by atoms with Gasteiger partial charge in [0.2, 0.25) is 0 Å². The average Bonchev–Trinajstić information content (AvgIpc) is 3.26. The summed E-state index contributed by atoms with van der Waals surface area (Å²) in [4.78, 5) is 17.0. The monoisotopic (exact) mass is 374 g/mol. The lowest BCUT2D eigenvalue weighted by molar-refractivity contribution is 0.0932. The number of oxazole rings is 1. The molecular formula is C23H22N2O3. The molecule has 5 nitrogen and oxygen atoms in total. The van der Waals surface area contributed by atoms with Crippen molar-refractivity contribution in [2.45, 2.75) is 38.6 Å². The number of aromatic nitrogens is 1. The highest BCUT2D eigenvalue weighted by molar-refractivity contribution is 5.99. The Bertz CT molecular complexity index is 1050.